The fraction of sp³-hybridized carbons (Fsp3) is 0.100. The molecule has 3 rings (SSSR count). The first-order valence-electron chi connectivity index (χ1n) is 7.48. The normalized spacial score (nSPS) is 13.3. The average Bonchev–Trinajstić information content (AvgIpc) is 2.82. The van der Waals surface area contributed by atoms with Gasteiger partial charge in [0, 0.05) is 18.2 Å². The highest BCUT2D eigenvalue weighted by molar-refractivity contribution is 5.37. The van der Waals surface area contributed by atoms with Crippen LogP contribution in [0.1, 0.15) is 12.0 Å². The van der Waals surface area contributed by atoms with Crippen LogP contribution in [0.2, 0.25) is 0 Å². The highest BCUT2D eigenvalue weighted by atomic mass is 19.1. The van der Waals surface area contributed by atoms with E-state index in [9.17, 15) is 4.39 Å². The van der Waals surface area contributed by atoms with Gasteiger partial charge in [0.25, 0.3) is 0 Å². The number of ether oxygens (including phenoxy) is 2. The number of hydrogen-bond acceptors (Lipinski definition) is 2. The van der Waals surface area contributed by atoms with Crippen molar-refractivity contribution in [1.29, 1.82) is 0 Å². The highest BCUT2D eigenvalue weighted by Crippen LogP contribution is 2.25. The van der Waals surface area contributed by atoms with Gasteiger partial charge in [-0.2, -0.15) is 0 Å². The summed E-state index contributed by atoms with van der Waals surface area (Å²) in [5.41, 5.74) is 1.03. The third kappa shape index (κ3) is 4.58. The predicted molar refractivity (Wildman–Crippen MR) is 88.8 cm³/mol. The Bertz CT molecular complexity index is 745. The van der Waals surface area contributed by atoms with Crippen molar-refractivity contribution in [1.82, 2.24) is 0 Å². The van der Waals surface area contributed by atoms with E-state index in [4.69, 9.17) is 9.47 Å². The average molecular weight is 308 g/mol. The van der Waals surface area contributed by atoms with Crippen molar-refractivity contribution >= 4 is 0 Å². The van der Waals surface area contributed by atoms with Gasteiger partial charge in [-0.15, -0.1) is 0 Å². The fourth-order valence-corrected chi connectivity index (χ4v) is 2.19. The minimum Gasteiger partial charge on any atom is -0.489 e. The lowest BCUT2D eigenvalue weighted by Gasteiger charge is -2.10. The molecule has 0 saturated heterocycles. The van der Waals surface area contributed by atoms with Crippen LogP contribution in [0, 0.1) is 5.82 Å². The minimum absolute atomic E-state index is 0.385. The van der Waals surface area contributed by atoms with Crippen LogP contribution in [-0.4, -0.2) is 0 Å². The molecule has 2 aromatic rings. The Balaban J connectivity index is 1.70. The molecule has 0 N–H and O–H groups in total. The van der Waals surface area contributed by atoms with Crippen LogP contribution in [-0.2, 0) is 6.61 Å². The molecule has 2 aromatic carbocycles. The van der Waals surface area contributed by atoms with Crippen LogP contribution in [0.4, 0.5) is 4.39 Å². The summed E-state index contributed by atoms with van der Waals surface area (Å²) in [6, 6.07) is 14.2. The van der Waals surface area contributed by atoms with Crippen molar-refractivity contribution in [2.75, 3.05) is 0 Å². The lowest BCUT2D eigenvalue weighted by Crippen LogP contribution is -1.97. The van der Waals surface area contributed by atoms with Crippen molar-refractivity contribution in [2.45, 2.75) is 13.0 Å². The molecule has 116 valence electrons. The van der Waals surface area contributed by atoms with Gasteiger partial charge in [-0.25, -0.2) is 4.39 Å². The first-order chi connectivity index (χ1) is 11.3. The number of hydrogen-bond donors (Lipinski definition) is 0. The smallest absolute Gasteiger partial charge is 0.134 e. The molecule has 0 aromatic heterocycles. The lowest BCUT2D eigenvalue weighted by atomic mass is 10.2. The summed E-state index contributed by atoms with van der Waals surface area (Å²) in [6.07, 6.45) is 10.4. The second-order valence-corrected chi connectivity index (χ2v) is 5.13. The van der Waals surface area contributed by atoms with Crippen molar-refractivity contribution in [3.05, 3.63) is 96.1 Å². The molecule has 3 heteroatoms. The summed E-state index contributed by atoms with van der Waals surface area (Å²) in [6.45, 7) is 0.385. The molecule has 0 bridgehead atoms. The molecule has 0 aliphatic heterocycles. The zero-order valence-electron chi connectivity index (χ0n) is 12.6. The number of allylic oxidation sites excluding steroid dienone is 5. The molecule has 0 unspecified atom stereocenters. The number of halogens is 1. The molecule has 1 aliphatic rings. The van der Waals surface area contributed by atoms with Gasteiger partial charge in [-0.1, -0.05) is 48.6 Å². The van der Waals surface area contributed by atoms with Gasteiger partial charge >= 0.3 is 0 Å². The van der Waals surface area contributed by atoms with E-state index in [1.165, 1.54) is 12.1 Å². The third-order valence-corrected chi connectivity index (χ3v) is 3.29. The van der Waals surface area contributed by atoms with Gasteiger partial charge in [0.2, 0.25) is 0 Å². The molecule has 0 heterocycles. The first kappa shape index (κ1) is 15.1. The summed E-state index contributed by atoms with van der Waals surface area (Å²) in [4.78, 5) is 0. The second kappa shape index (κ2) is 7.45. The van der Waals surface area contributed by atoms with E-state index in [2.05, 4.69) is 0 Å². The molecule has 0 saturated carbocycles. The van der Waals surface area contributed by atoms with E-state index >= 15 is 0 Å². The second-order valence-electron chi connectivity index (χ2n) is 5.13. The van der Waals surface area contributed by atoms with Gasteiger partial charge in [-0.3, -0.25) is 0 Å². The van der Waals surface area contributed by atoms with Crippen LogP contribution >= 0.6 is 0 Å². The lowest BCUT2D eigenvalue weighted by molar-refractivity contribution is 0.302. The topological polar surface area (TPSA) is 18.5 Å². The minimum atomic E-state index is -0.387. The zero-order valence-corrected chi connectivity index (χ0v) is 12.6. The summed E-state index contributed by atoms with van der Waals surface area (Å²) in [5.74, 6) is 1.17. The van der Waals surface area contributed by atoms with Crippen LogP contribution in [0.3, 0.4) is 0 Å². The Hall–Kier alpha value is -2.81. The van der Waals surface area contributed by atoms with E-state index in [0.717, 1.165) is 12.0 Å². The van der Waals surface area contributed by atoms with Gasteiger partial charge in [-0.05, 0) is 24.1 Å². The Labute approximate surface area is 135 Å². The Morgan fingerprint density at radius 2 is 1.78 bits per heavy atom. The van der Waals surface area contributed by atoms with Crippen molar-refractivity contribution in [3.63, 3.8) is 0 Å². The monoisotopic (exact) mass is 308 g/mol. The largest absolute Gasteiger partial charge is 0.489 e. The van der Waals surface area contributed by atoms with Crippen LogP contribution in [0.5, 0.6) is 11.5 Å². The van der Waals surface area contributed by atoms with Crippen molar-refractivity contribution in [2.24, 2.45) is 0 Å². The molecule has 23 heavy (non-hydrogen) atoms. The van der Waals surface area contributed by atoms with Gasteiger partial charge in [0.15, 0.2) is 0 Å². The summed E-state index contributed by atoms with van der Waals surface area (Å²) >= 11 is 0. The maximum atomic E-state index is 13.8. The van der Waals surface area contributed by atoms with Gasteiger partial charge < -0.3 is 9.47 Å². The fourth-order valence-electron chi connectivity index (χ4n) is 2.19. The van der Waals surface area contributed by atoms with E-state index in [0.29, 0.717) is 23.9 Å². The molecular formula is C20H17FO2. The van der Waals surface area contributed by atoms with E-state index < -0.39 is 0 Å². The first-order valence-corrected chi connectivity index (χ1v) is 7.48. The molecule has 0 amide bonds. The number of rotatable bonds is 5. The van der Waals surface area contributed by atoms with Crippen LogP contribution < -0.4 is 9.47 Å². The quantitative estimate of drug-likeness (QED) is 0.757. The summed E-state index contributed by atoms with van der Waals surface area (Å²) in [5, 5.41) is 0. The summed E-state index contributed by atoms with van der Waals surface area (Å²) < 4.78 is 25.2. The molecule has 0 radical (unpaired) electrons. The Morgan fingerprint density at radius 1 is 0.957 bits per heavy atom. The number of benzene rings is 2. The van der Waals surface area contributed by atoms with E-state index in [-0.39, 0.29) is 5.82 Å². The van der Waals surface area contributed by atoms with Crippen LogP contribution in [0.15, 0.2) is 84.7 Å². The molecule has 0 atom stereocenters. The molecule has 0 fully saturated rings. The molecule has 2 nitrogen and oxygen atoms in total. The van der Waals surface area contributed by atoms with Crippen molar-refractivity contribution in [3.8, 4) is 11.5 Å². The zero-order chi connectivity index (χ0) is 15.9. The molecule has 1 aliphatic carbocycles. The molecular weight excluding hydrogens is 291 g/mol. The Morgan fingerprint density at radius 3 is 2.65 bits per heavy atom. The predicted octanol–water partition coefficient (Wildman–Crippen LogP) is 5.18. The van der Waals surface area contributed by atoms with Gasteiger partial charge in [0.05, 0.1) is 0 Å². The Kier molecular flexibility index (Phi) is 4.89. The highest BCUT2D eigenvalue weighted by Gasteiger charge is 2.05. The molecule has 0 spiro atoms. The van der Waals surface area contributed by atoms with E-state index in [1.807, 2.05) is 60.7 Å². The maximum Gasteiger partial charge on any atom is 0.134 e. The van der Waals surface area contributed by atoms with E-state index in [1.54, 1.807) is 6.07 Å². The maximum absolute atomic E-state index is 13.8. The van der Waals surface area contributed by atoms with Crippen LogP contribution in [0.25, 0.3) is 0 Å². The SMILES string of the molecule is Fc1cc(OCc2ccccc2)cc(OC2=CCC=CC=C2)c1. The standard InChI is InChI=1S/C20H17FO2/c21-17-12-19(22-15-16-8-4-3-5-9-16)14-20(13-17)23-18-10-6-1-2-7-11-18/h1-6,8-14H,7,15H2. The van der Waals surface area contributed by atoms with Crippen molar-refractivity contribution < 1.29 is 13.9 Å². The van der Waals surface area contributed by atoms with Gasteiger partial charge in [0.1, 0.15) is 29.7 Å². The third-order valence-electron chi connectivity index (χ3n) is 3.29. The summed E-state index contributed by atoms with van der Waals surface area (Å²) in [7, 11) is 0.